The van der Waals surface area contributed by atoms with Gasteiger partial charge >= 0.3 is 0 Å². The van der Waals surface area contributed by atoms with Crippen molar-refractivity contribution >= 4 is 21.6 Å². The molecule has 6 heteroatoms. The maximum absolute atomic E-state index is 12.5. The highest BCUT2D eigenvalue weighted by Crippen LogP contribution is 2.30. The second-order valence-electron chi connectivity index (χ2n) is 6.20. The van der Waals surface area contributed by atoms with E-state index >= 15 is 0 Å². The molecule has 0 heterocycles. The average Bonchev–Trinajstić information content (AvgIpc) is 2.44. The first kappa shape index (κ1) is 17.0. The summed E-state index contributed by atoms with van der Waals surface area (Å²) in [6.45, 7) is 5.70. The van der Waals surface area contributed by atoms with E-state index in [1.165, 1.54) is 19.1 Å². The van der Waals surface area contributed by atoms with Gasteiger partial charge in [-0.2, -0.15) is 0 Å². The van der Waals surface area contributed by atoms with Gasteiger partial charge in [0.2, 0.25) is 15.9 Å². The number of hydrogen-bond acceptors (Lipinski definition) is 3. The van der Waals surface area contributed by atoms with Gasteiger partial charge in [0.15, 0.2) is 0 Å². The van der Waals surface area contributed by atoms with Crippen LogP contribution in [0.1, 0.15) is 40.0 Å². The zero-order valence-electron chi connectivity index (χ0n) is 13.3. The Balaban J connectivity index is 2.11. The zero-order chi connectivity index (χ0) is 16.3. The molecular weight excluding hydrogens is 300 g/mol. The second-order valence-corrected chi connectivity index (χ2v) is 7.91. The number of carbonyl (C=O) groups is 1. The minimum Gasteiger partial charge on any atom is -0.326 e. The molecule has 5 nitrogen and oxygen atoms in total. The van der Waals surface area contributed by atoms with Crippen molar-refractivity contribution in [1.82, 2.24) is 4.72 Å². The van der Waals surface area contributed by atoms with Gasteiger partial charge in [-0.15, -0.1) is 0 Å². The molecule has 2 N–H and O–H groups in total. The van der Waals surface area contributed by atoms with Crippen LogP contribution in [0.4, 0.5) is 5.69 Å². The minimum atomic E-state index is -3.52. The van der Waals surface area contributed by atoms with E-state index in [1.54, 1.807) is 12.1 Å². The Morgan fingerprint density at radius 1 is 1.14 bits per heavy atom. The van der Waals surface area contributed by atoms with Gasteiger partial charge in [-0.05, 0) is 42.5 Å². The quantitative estimate of drug-likeness (QED) is 0.894. The molecule has 122 valence electrons. The molecule has 0 unspecified atom stereocenters. The maximum atomic E-state index is 12.5. The Morgan fingerprint density at radius 2 is 1.77 bits per heavy atom. The number of benzene rings is 1. The third-order valence-electron chi connectivity index (χ3n) is 4.50. The van der Waals surface area contributed by atoms with Crippen LogP contribution in [-0.4, -0.2) is 20.4 Å². The summed E-state index contributed by atoms with van der Waals surface area (Å²) in [4.78, 5) is 11.2. The van der Waals surface area contributed by atoms with Crippen LogP contribution in [0.3, 0.4) is 0 Å². The van der Waals surface area contributed by atoms with Crippen molar-refractivity contribution in [3.63, 3.8) is 0 Å². The van der Waals surface area contributed by atoms with Crippen molar-refractivity contribution in [3.8, 4) is 0 Å². The molecule has 1 amide bonds. The molecule has 1 aromatic carbocycles. The Hall–Kier alpha value is -1.40. The summed E-state index contributed by atoms with van der Waals surface area (Å²) < 4.78 is 27.8. The molecule has 1 aliphatic rings. The Morgan fingerprint density at radius 3 is 2.36 bits per heavy atom. The second kappa shape index (κ2) is 6.79. The van der Waals surface area contributed by atoms with E-state index in [4.69, 9.17) is 0 Å². The molecule has 0 aliphatic heterocycles. The number of sulfonamides is 1. The molecule has 1 aliphatic carbocycles. The van der Waals surface area contributed by atoms with Crippen molar-refractivity contribution < 1.29 is 13.2 Å². The van der Waals surface area contributed by atoms with E-state index in [-0.39, 0.29) is 16.8 Å². The summed E-state index contributed by atoms with van der Waals surface area (Å²) in [7, 11) is -3.52. The van der Waals surface area contributed by atoms with Crippen LogP contribution >= 0.6 is 0 Å². The van der Waals surface area contributed by atoms with E-state index in [0.717, 1.165) is 19.3 Å². The number of hydrogen-bond donors (Lipinski definition) is 2. The predicted octanol–water partition coefficient (Wildman–Crippen LogP) is 2.75. The lowest BCUT2D eigenvalue weighted by atomic mass is 9.78. The van der Waals surface area contributed by atoms with Crippen LogP contribution in [0.5, 0.6) is 0 Å². The zero-order valence-corrected chi connectivity index (χ0v) is 14.1. The summed E-state index contributed by atoms with van der Waals surface area (Å²) >= 11 is 0. The molecule has 3 atom stereocenters. The largest absolute Gasteiger partial charge is 0.326 e. The Labute approximate surface area is 132 Å². The third kappa shape index (κ3) is 4.08. The lowest BCUT2D eigenvalue weighted by molar-refractivity contribution is -0.114. The molecule has 0 bridgehead atoms. The van der Waals surface area contributed by atoms with Gasteiger partial charge in [-0.3, -0.25) is 4.79 Å². The number of rotatable bonds is 4. The van der Waals surface area contributed by atoms with Crippen molar-refractivity contribution in [3.05, 3.63) is 24.3 Å². The standard InChI is InChI=1S/C16H24N2O3S/c1-11-5-4-6-16(12(11)2)18-22(20,21)15-9-7-14(8-10-15)17-13(3)19/h7-12,16,18H,4-6H2,1-3H3,(H,17,19)/t11-,12-,16-/m0/s1. The number of anilines is 1. The Kier molecular flexibility index (Phi) is 5.24. The Bertz CT molecular complexity index is 625. The van der Waals surface area contributed by atoms with E-state index in [9.17, 15) is 13.2 Å². The minimum absolute atomic E-state index is 0.0104. The topological polar surface area (TPSA) is 75.3 Å². The van der Waals surface area contributed by atoms with Crippen LogP contribution < -0.4 is 10.0 Å². The fourth-order valence-electron chi connectivity index (χ4n) is 2.94. The maximum Gasteiger partial charge on any atom is 0.240 e. The van der Waals surface area contributed by atoms with Crippen LogP contribution in [0.15, 0.2) is 29.2 Å². The third-order valence-corrected chi connectivity index (χ3v) is 6.00. The van der Waals surface area contributed by atoms with E-state index in [1.807, 2.05) is 0 Å². The summed E-state index contributed by atoms with van der Waals surface area (Å²) in [5.41, 5.74) is 0.589. The van der Waals surface area contributed by atoms with Gasteiger partial charge < -0.3 is 5.32 Å². The lowest BCUT2D eigenvalue weighted by Crippen LogP contribution is -2.43. The summed E-state index contributed by atoms with van der Waals surface area (Å²) in [6, 6.07) is 6.23. The van der Waals surface area contributed by atoms with Gasteiger partial charge in [0.1, 0.15) is 0 Å². The van der Waals surface area contributed by atoms with Crippen LogP contribution in [0.25, 0.3) is 0 Å². The normalized spacial score (nSPS) is 25.7. The summed E-state index contributed by atoms with van der Waals surface area (Å²) in [5, 5.41) is 2.62. The van der Waals surface area contributed by atoms with Gasteiger partial charge in [0, 0.05) is 18.7 Å². The first-order valence-corrected chi connectivity index (χ1v) is 9.18. The van der Waals surface area contributed by atoms with Gasteiger partial charge in [-0.25, -0.2) is 13.1 Å². The molecule has 0 spiro atoms. The summed E-state index contributed by atoms with van der Waals surface area (Å²) in [5.74, 6) is 0.685. The molecule has 0 aromatic heterocycles. The highest BCUT2D eigenvalue weighted by molar-refractivity contribution is 7.89. The molecule has 0 radical (unpaired) electrons. The van der Waals surface area contributed by atoms with E-state index in [2.05, 4.69) is 23.9 Å². The molecular formula is C16H24N2O3S. The molecule has 1 aromatic rings. The summed E-state index contributed by atoms with van der Waals surface area (Å²) in [6.07, 6.45) is 3.10. The molecule has 1 saturated carbocycles. The van der Waals surface area contributed by atoms with E-state index < -0.39 is 10.0 Å². The highest BCUT2D eigenvalue weighted by Gasteiger charge is 2.30. The SMILES string of the molecule is CC(=O)Nc1ccc(S(=O)(=O)N[C@H]2CCC[C@H](C)[C@@H]2C)cc1. The van der Waals surface area contributed by atoms with Crippen LogP contribution in [0, 0.1) is 11.8 Å². The van der Waals surface area contributed by atoms with Crippen LogP contribution in [-0.2, 0) is 14.8 Å². The number of carbonyl (C=O) groups excluding carboxylic acids is 1. The van der Waals surface area contributed by atoms with Crippen molar-refractivity contribution in [2.45, 2.75) is 51.0 Å². The van der Waals surface area contributed by atoms with Crippen LogP contribution in [0.2, 0.25) is 0 Å². The first-order chi connectivity index (χ1) is 10.3. The first-order valence-electron chi connectivity index (χ1n) is 7.69. The van der Waals surface area contributed by atoms with Crippen molar-refractivity contribution in [1.29, 1.82) is 0 Å². The molecule has 22 heavy (non-hydrogen) atoms. The van der Waals surface area contributed by atoms with Crippen molar-refractivity contribution in [2.24, 2.45) is 11.8 Å². The molecule has 2 rings (SSSR count). The average molecular weight is 324 g/mol. The highest BCUT2D eigenvalue weighted by atomic mass is 32.2. The van der Waals surface area contributed by atoms with E-state index in [0.29, 0.717) is 17.5 Å². The smallest absolute Gasteiger partial charge is 0.240 e. The number of amides is 1. The molecule has 1 fully saturated rings. The van der Waals surface area contributed by atoms with Gasteiger partial charge in [0.05, 0.1) is 4.90 Å². The fourth-order valence-corrected chi connectivity index (χ4v) is 4.30. The lowest BCUT2D eigenvalue weighted by Gasteiger charge is -2.34. The van der Waals surface area contributed by atoms with Crippen molar-refractivity contribution in [2.75, 3.05) is 5.32 Å². The monoisotopic (exact) mass is 324 g/mol. The predicted molar refractivity (Wildman–Crippen MR) is 87.0 cm³/mol. The van der Waals surface area contributed by atoms with Gasteiger partial charge in [-0.1, -0.05) is 26.7 Å². The van der Waals surface area contributed by atoms with Gasteiger partial charge in [0.25, 0.3) is 0 Å². The number of nitrogens with one attached hydrogen (secondary N) is 2. The fraction of sp³-hybridized carbons (Fsp3) is 0.562. The molecule has 0 saturated heterocycles.